The Hall–Kier alpha value is -0.140. The Labute approximate surface area is 107 Å². The monoisotopic (exact) mass is 384 g/mol. The number of hydrogen-bond donors (Lipinski definition) is 0. The quantitative estimate of drug-likeness (QED) is 0.702. The average Bonchev–Trinajstić information content (AvgIpc) is 2.56. The summed E-state index contributed by atoms with van der Waals surface area (Å²) in [5.41, 5.74) is 0.844. The van der Waals surface area contributed by atoms with Crippen LogP contribution in [0.25, 0.3) is 11.5 Å². The van der Waals surface area contributed by atoms with Crippen LogP contribution in [0, 0.1) is 3.57 Å². The second-order valence-electron chi connectivity index (χ2n) is 2.48. The highest BCUT2D eigenvalue weighted by atomic mass is 127. The van der Waals surface area contributed by atoms with Gasteiger partial charge in [0, 0.05) is 24.5 Å². The molecule has 0 saturated heterocycles. The Morgan fingerprint density at radius 1 is 1.36 bits per heavy atom. The fourth-order valence-electron chi connectivity index (χ4n) is 0.976. The molecule has 1 aromatic carbocycles. The second kappa shape index (κ2) is 4.16. The van der Waals surface area contributed by atoms with Gasteiger partial charge in [-0.3, -0.25) is 0 Å². The standard InChI is InChI=1S/C8H3BrClIN2O/c9-8-13-12-7(14-8)5-3-4(10)1-2-6(5)11/h1-3H. The molecule has 0 atom stereocenters. The maximum absolute atomic E-state index is 5.87. The lowest BCUT2D eigenvalue weighted by atomic mass is 10.2. The van der Waals surface area contributed by atoms with Crippen molar-refractivity contribution >= 4 is 50.1 Å². The first kappa shape index (κ1) is 10.4. The summed E-state index contributed by atoms with van der Waals surface area (Å²) in [6.07, 6.45) is 0. The molecule has 0 aliphatic rings. The molecule has 0 N–H and O–H groups in total. The van der Waals surface area contributed by atoms with Crippen molar-refractivity contribution in [3.8, 4) is 11.5 Å². The molecule has 72 valence electrons. The highest BCUT2D eigenvalue weighted by molar-refractivity contribution is 14.1. The van der Waals surface area contributed by atoms with Gasteiger partial charge in [0.05, 0.1) is 5.56 Å². The smallest absolute Gasteiger partial charge is 0.285 e. The molecule has 0 radical (unpaired) electrons. The van der Waals surface area contributed by atoms with E-state index in [-0.39, 0.29) is 0 Å². The number of hydrogen-bond acceptors (Lipinski definition) is 3. The van der Waals surface area contributed by atoms with Gasteiger partial charge < -0.3 is 4.42 Å². The SMILES string of the molecule is Clc1ccc(I)c(-c2nnc(Br)o2)c1. The van der Waals surface area contributed by atoms with Crippen LogP contribution in [0.4, 0.5) is 0 Å². The van der Waals surface area contributed by atoms with Crippen molar-refractivity contribution in [3.63, 3.8) is 0 Å². The fraction of sp³-hybridized carbons (Fsp3) is 0. The summed E-state index contributed by atoms with van der Waals surface area (Å²) in [7, 11) is 0. The van der Waals surface area contributed by atoms with E-state index < -0.39 is 0 Å². The molecular weight excluding hydrogens is 382 g/mol. The molecule has 14 heavy (non-hydrogen) atoms. The zero-order chi connectivity index (χ0) is 10.1. The summed E-state index contributed by atoms with van der Waals surface area (Å²) in [5.74, 6) is 0.462. The highest BCUT2D eigenvalue weighted by Gasteiger charge is 2.10. The molecule has 0 fully saturated rings. The first-order valence-electron chi connectivity index (χ1n) is 3.61. The summed E-state index contributed by atoms with van der Waals surface area (Å²) in [4.78, 5) is 0.364. The van der Waals surface area contributed by atoms with Crippen LogP contribution >= 0.6 is 50.1 Å². The molecule has 0 saturated carbocycles. The molecule has 3 nitrogen and oxygen atoms in total. The van der Waals surface area contributed by atoms with E-state index in [2.05, 4.69) is 48.7 Å². The van der Waals surface area contributed by atoms with Crippen LogP contribution in [0.3, 0.4) is 0 Å². The van der Waals surface area contributed by atoms with Crippen LogP contribution in [0.2, 0.25) is 5.02 Å². The molecule has 1 heterocycles. The minimum Gasteiger partial charge on any atom is -0.411 e. The Morgan fingerprint density at radius 3 is 2.79 bits per heavy atom. The molecule has 6 heteroatoms. The first-order valence-corrected chi connectivity index (χ1v) is 5.86. The lowest BCUT2D eigenvalue weighted by Crippen LogP contribution is -1.82. The van der Waals surface area contributed by atoms with Crippen molar-refractivity contribution in [1.29, 1.82) is 0 Å². The molecule has 0 aliphatic heterocycles. The van der Waals surface area contributed by atoms with Crippen molar-refractivity contribution in [2.45, 2.75) is 0 Å². The Morgan fingerprint density at radius 2 is 2.14 bits per heavy atom. The van der Waals surface area contributed by atoms with Gasteiger partial charge in [0.15, 0.2) is 0 Å². The summed E-state index contributed by atoms with van der Waals surface area (Å²) in [6, 6.07) is 5.51. The topological polar surface area (TPSA) is 38.9 Å². The van der Waals surface area contributed by atoms with Crippen LogP contribution in [0.1, 0.15) is 0 Å². The molecular formula is C8H3BrClIN2O. The van der Waals surface area contributed by atoms with Gasteiger partial charge in [0.2, 0.25) is 5.89 Å². The normalized spacial score (nSPS) is 10.5. The predicted octanol–water partition coefficient (Wildman–Crippen LogP) is 3.76. The van der Waals surface area contributed by atoms with Gasteiger partial charge in [-0.05, 0) is 40.8 Å². The minimum absolute atomic E-state index is 0.364. The van der Waals surface area contributed by atoms with Gasteiger partial charge in [-0.25, -0.2) is 0 Å². The van der Waals surface area contributed by atoms with E-state index in [9.17, 15) is 0 Å². The summed E-state index contributed by atoms with van der Waals surface area (Å²) in [6.45, 7) is 0. The maximum Gasteiger partial charge on any atom is 0.285 e. The Kier molecular flexibility index (Phi) is 3.08. The van der Waals surface area contributed by atoms with Gasteiger partial charge in [0.1, 0.15) is 0 Å². The van der Waals surface area contributed by atoms with Crippen molar-refractivity contribution in [3.05, 3.63) is 31.6 Å². The van der Waals surface area contributed by atoms with Gasteiger partial charge in [0.25, 0.3) is 4.80 Å². The number of halogens is 3. The van der Waals surface area contributed by atoms with Crippen molar-refractivity contribution in [2.75, 3.05) is 0 Å². The third kappa shape index (κ3) is 2.09. The molecule has 2 aromatic rings. The molecule has 0 amide bonds. The zero-order valence-electron chi connectivity index (χ0n) is 6.67. The van der Waals surface area contributed by atoms with Gasteiger partial charge in [-0.2, -0.15) is 0 Å². The lowest BCUT2D eigenvalue weighted by molar-refractivity contribution is 0.540. The highest BCUT2D eigenvalue weighted by Crippen LogP contribution is 2.27. The van der Waals surface area contributed by atoms with Crippen LogP contribution in [-0.4, -0.2) is 10.2 Å². The van der Waals surface area contributed by atoms with E-state index >= 15 is 0 Å². The number of aromatic nitrogens is 2. The molecule has 0 unspecified atom stereocenters. The van der Waals surface area contributed by atoms with E-state index in [0.29, 0.717) is 15.7 Å². The van der Waals surface area contributed by atoms with E-state index in [4.69, 9.17) is 16.0 Å². The number of nitrogens with zero attached hydrogens (tertiary/aromatic N) is 2. The molecule has 2 rings (SSSR count). The Balaban J connectivity index is 2.55. The second-order valence-corrected chi connectivity index (χ2v) is 4.76. The van der Waals surface area contributed by atoms with E-state index in [0.717, 1.165) is 9.13 Å². The maximum atomic E-state index is 5.87. The van der Waals surface area contributed by atoms with Crippen LogP contribution < -0.4 is 0 Å². The third-order valence-corrected chi connectivity index (χ3v) is 3.06. The van der Waals surface area contributed by atoms with Crippen molar-refractivity contribution < 1.29 is 4.42 Å². The number of rotatable bonds is 1. The van der Waals surface area contributed by atoms with E-state index in [1.165, 1.54) is 0 Å². The van der Waals surface area contributed by atoms with Crippen LogP contribution in [0.15, 0.2) is 27.4 Å². The van der Waals surface area contributed by atoms with Crippen LogP contribution in [-0.2, 0) is 0 Å². The zero-order valence-corrected chi connectivity index (χ0v) is 11.2. The molecule has 1 aromatic heterocycles. The number of benzene rings is 1. The first-order chi connectivity index (χ1) is 6.66. The van der Waals surface area contributed by atoms with Gasteiger partial charge >= 0.3 is 0 Å². The predicted molar refractivity (Wildman–Crippen MR) is 65.2 cm³/mol. The van der Waals surface area contributed by atoms with Gasteiger partial charge in [-0.15, -0.1) is 10.2 Å². The fourth-order valence-corrected chi connectivity index (χ4v) is 1.95. The van der Waals surface area contributed by atoms with E-state index in [1.807, 2.05) is 12.1 Å². The van der Waals surface area contributed by atoms with Crippen molar-refractivity contribution in [1.82, 2.24) is 10.2 Å². The summed E-state index contributed by atoms with van der Waals surface area (Å²) < 4.78 is 6.25. The third-order valence-electron chi connectivity index (χ3n) is 1.56. The molecule has 0 bridgehead atoms. The summed E-state index contributed by atoms with van der Waals surface area (Å²) in [5, 5.41) is 8.23. The van der Waals surface area contributed by atoms with E-state index in [1.54, 1.807) is 6.07 Å². The molecule has 0 spiro atoms. The largest absolute Gasteiger partial charge is 0.411 e. The lowest BCUT2D eigenvalue weighted by Gasteiger charge is -1.98. The van der Waals surface area contributed by atoms with Crippen molar-refractivity contribution in [2.24, 2.45) is 0 Å². The average molecular weight is 385 g/mol. The minimum atomic E-state index is 0.364. The Bertz CT molecular complexity index is 474. The summed E-state index contributed by atoms with van der Waals surface area (Å²) >= 11 is 11.2. The van der Waals surface area contributed by atoms with Gasteiger partial charge in [-0.1, -0.05) is 11.6 Å². The van der Waals surface area contributed by atoms with Crippen LogP contribution in [0.5, 0.6) is 0 Å². The molecule has 0 aliphatic carbocycles.